The maximum atomic E-state index is 12.8. The fraction of sp³-hybridized carbons (Fsp3) is 0.333. The summed E-state index contributed by atoms with van der Waals surface area (Å²) in [6.45, 7) is 4.36. The first-order chi connectivity index (χ1) is 11.7. The Morgan fingerprint density at radius 2 is 1.88 bits per heavy atom. The van der Waals surface area contributed by atoms with Gasteiger partial charge in [-0.3, -0.25) is 4.79 Å². The first-order valence-corrected chi connectivity index (χ1v) is 9.55. The number of halogens is 2. The van der Waals surface area contributed by atoms with E-state index in [-0.39, 0.29) is 38.6 Å². The van der Waals surface area contributed by atoms with Crippen LogP contribution in [0.5, 0.6) is 0 Å². The summed E-state index contributed by atoms with van der Waals surface area (Å²) in [5, 5.41) is 6.72. The number of aryl methyl sites for hydroxylation is 2. The number of rotatable bonds is 6. The lowest BCUT2D eigenvalue weighted by Crippen LogP contribution is -2.38. The van der Waals surface area contributed by atoms with Gasteiger partial charge in [0.25, 0.3) is 0 Å². The van der Waals surface area contributed by atoms with Crippen LogP contribution in [-0.4, -0.2) is 36.9 Å². The van der Waals surface area contributed by atoms with Crippen molar-refractivity contribution in [2.75, 3.05) is 18.4 Å². The lowest BCUT2D eigenvalue weighted by atomic mass is 10.3. The largest absolute Gasteiger partial charge is 0.360 e. The van der Waals surface area contributed by atoms with Crippen LogP contribution in [-0.2, 0) is 14.8 Å². The van der Waals surface area contributed by atoms with Gasteiger partial charge < -0.3 is 9.84 Å². The smallest absolute Gasteiger partial charge is 0.248 e. The summed E-state index contributed by atoms with van der Waals surface area (Å²) in [5.41, 5.74) is 0.479. The molecule has 7 nitrogen and oxygen atoms in total. The van der Waals surface area contributed by atoms with Crippen LogP contribution in [0.4, 0.5) is 5.69 Å². The molecule has 0 fully saturated rings. The van der Waals surface area contributed by atoms with Gasteiger partial charge in [0, 0.05) is 6.54 Å². The van der Waals surface area contributed by atoms with Crippen LogP contribution < -0.4 is 5.32 Å². The van der Waals surface area contributed by atoms with Gasteiger partial charge in [0.2, 0.25) is 15.9 Å². The van der Waals surface area contributed by atoms with Gasteiger partial charge in [-0.15, -0.1) is 0 Å². The number of hydrogen-bond donors (Lipinski definition) is 1. The van der Waals surface area contributed by atoms with Crippen molar-refractivity contribution in [1.29, 1.82) is 0 Å². The molecule has 1 amide bonds. The van der Waals surface area contributed by atoms with Crippen LogP contribution in [0.1, 0.15) is 18.4 Å². The van der Waals surface area contributed by atoms with Gasteiger partial charge in [-0.05, 0) is 26.0 Å². The monoisotopic (exact) mass is 405 g/mol. The van der Waals surface area contributed by atoms with Crippen LogP contribution in [0.25, 0.3) is 0 Å². The number of nitrogens with one attached hydrogen (secondary N) is 1. The molecule has 10 heteroatoms. The van der Waals surface area contributed by atoms with Crippen molar-refractivity contribution in [2.24, 2.45) is 0 Å². The predicted octanol–water partition coefficient (Wildman–Crippen LogP) is 3.25. The van der Waals surface area contributed by atoms with Gasteiger partial charge in [0.1, 0.15) is 10.6 Å². The van der Waals surface area contributed by atoms with Crippen LogP contribution >= 0.6 is 23.2 Å². The number of benzene rings is 1. The fourth-order valence-corrected chi connectivity index (χ4v) is 4.48. The summed E-state index contributed by atoms with van der Waals surface area (Å²) in [5.74, 6) is -0.391. The molecule has 1 heterocycles. The highest BCUT2D eigenvalue weighted by Gasteiger charge is 2.31. The van der Waals surface area contributed by atoms with Crippen molar-refractivity contribution in [2.45, 2.75) is 25.7 Å². The number of para-hydroxylation sites is 1. The molecule has 0 aliphatic rings. The number of amides is 1. The van der Waals surface area contributed by atoms with Crippen LogP contribution in [0.15, 0.2) is 27.6 Å². The maximum absolute atomic E-state index is 12.8. The molecule has 0 unspecified atom stereocenters. The second-order valence-electron chi connectivity index (χ2n) is 5.23. The number of likely N-dealkylation sites (N-methyl/N-ethyl adjacent to an activating group) is 1. The number of carbonyl (C=O) groups is 1. The number of carbonyl (C=O) groups excluding carboxylic acids is 1. The second-order valence-corrected chi connectivity index (χ2v) is 7.92. The molecule has 136 valence electrons. The topological polar surface area (TPSA) is 92.5 Å². The van der Waals surface area contributed by atoms with Crippen LogP contribution in [0.2, 0.25) is 10.0 Å². The van der Waals surface area contributed by atoms with Crippen LogP contribution in [0.3, 0.4) is 0 Å². The Balaban J connectivity index is 2.23. The predicted molar refractivity (Wildman–Crippen MR) is 95.5 cm³/mol. The number of sulfonamides is 1. The van der Waals surface area contributed by atoms with E-state index in [9.17, 15) is 13.2 Å². The number of hydrogen-bond acceptors (Lipinski definition) is 5. The molecule has 0 saturated carbocycles. The van der Waals surface area contributed by atoms with E-state index in [0.29, 0.717) is 0 Å². The zero-order chi connectivity index (χ0) is 18.8. The van der Waals surface area contributed by atoms with E-state index in [1.54, 1.807) is 25.1 Å². The van der Waals surface area contributed by atoms with E-state index in [0.717, 1.165) is 4.31 Å². The Kier molecular flexibility index (Phi) is 6.10. The Bertz CT molecular complexity index is 856. The van der Waals surface area contributed by atoms with E-state index in [2.05, 4.69) is 10.5 Å². The quantitative estimate of drug-likeness (QED) is 0.795. The summed E-state index contributed by atoms with van der Waals surface area (Å²) in [4.78, 5) is 12.3. The zero-order valence-corrected chi connectivity index (χ0v) is 16.2. The molecule has 1 aromatic carbocycles. The normalized spacial score (nSPS) is 11.8. The third kappa shape index (κ3) is 4.14. The Morgan fingerprint density at radius 1 is 1.28 bits per heavy atom. The molecule has 0 radical (unpaired) electrons. The molecule has 0 aliphatic carbocycles. The Labute approximate surface area is 155 Å². The summed E-state index contributed by atoms with van der Waals surface area (Å²) in [6, 6.07) is 4.78. The number of nitrogens with zero attached hydrogens (tertiary/aromatic N) is 2. The standard InChI is InChI=1S/C15H17Cl2N3O4S/c1-4-20(25(22,23)15-9(2)19-24-10(15)3)8-13(21)18-14-11(16)6-5-7-12(14)17/h5-7H,4,8H2,1-3H3,(H,18,21). The minimum atomic E-state index is -3.93. The molecule has 1 aromatic heterocycles. The van der Waals surface area contributed by atoms with Gasteiger partial charge >= 0.3 is 0 Å². The van der Waals surface area contributed by atoms with E-state index in [1.165, 1.54) is 13.8 Å². The highest BCUT2D eigenvalue weighted by atomic mass is 35.5. The summed E-state index contributed by atoms with van der Waals surface area (Å²) >= 11 is 12.0. The van der Waals surface area contributed by atoms with Crippen molar-refractivity contribution in [3.8, 4) is 0 Å². The Hall–Kier alpha value is -1.61. The SMILES string of the molecule is CCN(CC(=O)Nc1c(Cl)cccc1Cl)S(=O)(=O)c1c(C)noc1C. The van der Waals surface area contributed by atoms with Gasteiger partial charge in [0.05, 0.1) is 22.3 Å². The average Bonchev–Trinajstić information content (AvgIpc) is 2.88. The highest BCUT2D eigenvalue weighted by Crippen LogP contribution is 2.30. The zero-order valence-electron chi connectivity index (χ0n) is 13.8. The molecule has 2 aromatic rings. The third-order valence-corrected chi connectivity index (χ3v) is 6.26. The fourth-order valence-electron chi connectivity index (χ4n) is 2.30. The van der Waals surface area contributed by atoms with Gasteiger partial charge in [0.15, 0.2) is 5.76 Å². The van der Waals surface area contributed by atoms with E-state index < -0.39 is 22.5 Å². The van der Waals surface area contributed by atoms with Crippen molar-refractivity contribution in [3.63, 3.8) is 0 Å². The van der Waals surface area contributed by atoms with E-state index in [1.807, 2.05) is 0 Å². The van der Waals surface area contributed by atoms with Gasteiger partial charge in [-0.25, -0.2) is 8.42 Å². The lowest BCUT2D eigenvalue weighted by Gasteiger charge is -2.20. The first-order valence-electron chi connectivity index (χ1n) is 7.35. The Morgan fingerprint density at radius 3 is 2.36 bits per heavy atom. The van der Waals surface area contributed by atoms with Crippen LogP contribution in [0, 0.1) is 13.8 Å². The molecular weight excluding hydrogens is 389 g/mol. The summed E-state index contributed by atoms with van der Waals surface area (Å²) in [6.07, 6.45) is 0. The first kappa shape index (κ1) is 19.7. The maximum Gasteiger partial charge on any atom is 0.248 e. The number of aromatic nitrogens is 1. The molecule has 0 bridgehead atoms. The van der Waals surface area contributed by atoms with E-state index >= 15 is 0 Å². The molecule has 0 saturated heterocycles. The lowest BCUT2D eigenvalue weighted by molar-refractivity contribution is -0.116. The van der Waals surface area contributed by atoms with Crippen molar-refractivity contribution in [3.05, 3.63) is 39.7 Å². The molecular formula is C15H17Cl2N3O4S. The molecule has 2 rings (SSSR count). The molecule has 25 heavy (non-hydrogen) atoms. The minimum absolute atomic E-state index is 0.0297. The molecule has 0 spiro atoms. The minimum Gasteiger partial charge on any atom is -0.360 e. The summed E-state index contributed by atoms with van der Waals surface area (Å²) < 4.78 is 31.5. The van der Waals surface area contributed by atoms with Crippen molar-refractivity contribution < 1.29 is 17.7 Å². The third-order valence-electron chi connectivity index (χ3n) is 3.47. The van der Waals surface area contributed by atoms with E-state index in [4.69, 9.17) is 27.7 Å². The second kappa shape index (κ2) is 7.74. The van der Waals surface area contributed by atoms with Gasteiger partial charge in [-0.1, -0.05) is 41.3 Å². The highest BCUT2D eigenvalue weighted by molar-refractivity contribution is 7.89. The summed E-state index contributed by atoms with van der Waals surface area (Å²) in [7, 11) is -3.93. The molecule has 0 aliphatic heterocycles. The van der Waals surface area contributed by atoms with Gasteiger partial charge in [-0.2, -0.15) is 4.31 Å². The molecule has 1 N–H and O–H groups in total. The van der Waals surface area contributed by atoms with Crippen molar-refractivity contribution in [1.82, 2.24) is 9.46 Å². The average molecular weight is 406 g/mol. The number of anilines is 1. The van der Waals surface area contributed by atoms with Crippen molar-refractivity contribution >= 4 is 44.8 Å². The molecule has 0 atom stereocenters.